The van der Waals surface area contributed by atoms with E-state index in [4.69, 9.17) is 5.73 Å². The van der Waals surface area contributed by atoms with Crippen LogP contribution in [0.4, 0.5) is 0 Å². The van der Waals surface area contributed by atoms with Gasteiger partial charge in [-0.3, -0.25) is 4.79 Å². The third-order valence-electron chi connectivity index (χ3n) is 3.01. The zero-order chi connectivity index (χ0) is 14.2. The number of nitrogens with zero attached hydrogens (tertiary/aromatic N) is 2. The molecule has 1 amide bonds. The van der Waals surface area contributed by atoms with E-state index in [1.807, 2.05) is 26.8 Å². The van der Waals surface area contributed by atoms with Crippen LogP contribution in [0.25, 0.3) is 11.3 Å². The maximum absolute atomic E-state index is 11.3. The van der Waals surface area contributed by atoms with Crippen molar-refractivity contribution in [1.29, 1.82) is 0 Å². The molecule has 4 heteroatoms. The van der Waals surface area contributed by atoms with Crippen LogP contribution in [-0.4, -0.2) is 15.9 Å². The Balaban J connectivity index is 2.69. The van der Waals surface area contributed by atoms with Crippen LogP contribution < -0.4 is 5.73 Å². The Kier molecular flexibility index (Phi) is 3.34. The van der Waals surface area contributed by atoms with Crippen molar-refractivity contribution in [3.05, 3.63) is 46.4 Å². The summed E-state index contributed by atoms with van der Waals surface area (Å²) < 4.78 is 0. The summed E-state index contributed by atoms with van der Waals surface area (Å²) in [5.74, 6) is -0.540. The second kappa shape index (κ2) is 4.80. The summed E-state index contributed by atoms with van der Waals surface area (Å²) in [5, 5.41) is 0. The first-order valence-corrected chi connectivity index (χ1v) is 6.12. The van der Waals surface area contributed by atoms with E-state index in [0.717, 1.165) is 28.1 Å². The number of carbonyl (C=O) groups excluding carboxylic acids is 1. The Labute approximate surface area is 112 Å². The van der Waals surface area contributed by atoms with Gasteiger partial charge < -0.3 is 5.73 Å². The normalized spacial score (nSPS) is 10.5. The molecule has 0 aliphatic carbocycles. The maximum Gasteiger partial charge on any atom is 0.286 e. The van der Waals surface area contributed by atoms with Gasteiger partial charge in [-0.2, -0.15) is 0 Å². The van der Waals surface area contributed by atoms with Crippen molar-refractivity contribution < 1.29 is 4.79 Å². The van der Waals surface area contributed by atoms with Crippen LogP contribution >= 0.6 is 0 Å². The summed E-state index contributed by atoms with van der Waals surface area (Å²) in [6.45, 7) is 7.97. The average molecular weight is 255 g/mol. The number of hydrogen-bond acceptors (Lipinski definition) is 3. The number of aryl methyl sites for hydroxylation is 4. The van der Waals surface area contributed by atoms with Crippen molar-refractivity contribution >= 4 is 5.91 Å². The molecule has 0 bridgehead atoms. The lowest BCUT2D eigenvalue weighted by Gasteiger charge is -2.12. The molecular weight excluding hydrogens is 238 g/mol. The number of benzene rings is 1. The highest BCUT2D eigenvalue weighted by Gasteiger charge is 2.12. The molecule has 1 heterocycles. The molecule has 0 aliphatic rings. The summed E-state index contributed by atoms with van der Waals surface area (Å²) in [7, 11) is 0. The van der Waals surface area contributed by atoms with Crippen molar-refractivity contribution in [2.75, 3.05) is 0 Å². The zero-order valence-electron chi connectivity index (χ0n) is 11.6. The van der Waals surface area contributed by atoms with Crippen LogP contribution in [0.3, 0.4) is 0 Å². The maximum atomic E-state index is 11.3. The molecule has 2 aromatic rings. The Bertz CT molecular complexity index is 639. The van der Waals surface area contributed by atoms with Crippen molar-refractivity contribution in [2.24, 2.45) is 5.73 Å². The minimum atomic E-state index is -0.604. The van der Waals surface area contributed by atoms with Gasteiger partial charge in [-0.1, -0.05) is 17.7 Å². The molecule has 1 aromatic carbocycles. The number of hydrogen-bond donors (Lipinski definition) is 1. The summed E-state index contributed by atoms with van der Waals surface area (Å²) in [6.07, 6.45) is 0. The lowest BCUT2D eigenvalue weighted by atomic mass is 9.97. The molecule has 0 fully saturated rings. The number of nitrogens with two attached hydrogens (primary N) is 1. The van der Waals surface area contributed by atoms with Crippen molar-refractivity contribution in [2.45, 2.75) is 27.7 Å². The first-order valence-electron chi connectivity index (χ1n) is 6.12. The van der Waals surface area contributed by atoms with Crippen molar-refractivity contribution in [1.82, 2.24) is 9.97 Å². The monoisotopic (exact) mass is 255 g/mol. The van der Waals surface area contributed by atoms with Crippen LogP contribution in [0.5, 0.6) is 0 Å². The molecule has 4 nitrogen and oxygen atoms in total. The fourth-order valence-corrected chi connectivity index (χ4v) is 2.39. The number of amides is 1. The van der Waals surface area contributed by atoms with E-state index in [2.05, 4.69) is 29.0 Å². The van der Waals surface area contributed by atoms with Crippen molar-refractivity contribution in [3.63, 3.8) is 0 Å². The molecule has 0 saturated carbocycles. The molecule has 0 saturated heterocycles. The highest BCUT2D eigenvalue weighted by molar-refractivity contribution is 5.89. The Morgan fingerprint density at radius 3 is 2.11 bits per heavy atom. The number of rotatable bonds is 2. The van der Waals surface area contributed by atoms with E-state index >= 15 is 0 Å². The predicted octanol–water partition coefficient (Wildman–Crippen LogP) is 2.48. The van der Waals surface area contributed by atoms with E-state index < -0.39 is 5.91 Å². The molecule has 0 atom stereocenters. The van der Waals surface area contributed by atoms with Gasteiger partial charge in [-0.05, 0) is 44.9 Å². The number of carbonyl (C=O) groups is 1. The fourth-order valence-electron chi connectivity index (χ4n) is 2.39. The van der Waals surface area contributed by atoms with E-state index in [9.17, 15) is 4.79 Å². The average Bonchev–Trinajstić information content (AvgIpc) is 2.26. The highest BCUT2D eigenvalue weighted by atomic mass is 16.1. The van der Waals surface area contributed by atoms with Crippen LogP contribution in [0.2, 0.25) is 0 Å². The van der Waals surface area contributed by atoms with E-state index in [0.29, 0.717) is 0 Å². The predicted molar refractivity (Wildman–Crippen MR) is 74.9 cm³/mol. The second-order valence-corrected chi connectivity index (χ2v) is 4.86. The highest BCUT2D eigenvalue weighted by Crippen LogP contribution is 2.27. The molecule has 2 rings (SSSR count). The fraction of sp³-hybridized carbons (Fsp3) is 0.267. The zero-order valence-corrected chi connectivity index (χ0v) is 11.6. The largest absolute Gasteiger partial charge is 0.363 e. The van der Waals surface area contributed by atoms with Crippen LogP contribution in [0.15, 0.2) is 18.2 Å². The van der Waals surface area contributed by atoms with E-state index in [1.54, 1.807) is 0 Å². The molecular formula is C15H17N3O. The van der Waals surface area contributed by atoms with Gasteiger partial charge in [-0.25, -0.2) is 9.97 Å². The van der Waals surface area contributed by atoms with Gasteiger partial charge in [0.05, 0.1) is 5.69 Å². The lowest BCUT2D eigenvalue weighted by molar-refractivity contribution is 0.0990. The quantitative estimate of drug-likeness (QED) is 0.896. The van der Waals surface area contributed by atoms with Gasteiger partial charge in [0.1, 0.15) is 0 Å². The lowest BCUT2D eigenvalue weighted by Crippen LogP contribution is -2.16. The van der Waals surface area contributed by atoms with Gasteiger partial charge in [0, 0.05) is 11.3 Å². The summed E-state index contributed by atoms with van der Waals surface area (Å²) >= 11 is 0. The minimum absolute atomic E-state index is 0.0642. The topological polar surface area (TPSA) is 68.9 Å². The van der Waals surface area contributed by atoms with Gasteiger partial charge in [-0.15, -0.1) is 0 Å². The summed E-state index contributed by atoms with van der Waals surface area (Å²) in [4.78, 5) is 19.6. The third kappa shape index (κ3) is 2.62. The SMILES string of the molecule is Cc1cc(C)c(-c2cc(C)nc(C(N)=O)n2)c(C)c1. The summed E-state index contributed by atoms with van der Waals surface area (Å²) in [6, 6.07) is 6.07. The number of primary amides is 1. The smallest absolute Gasteiger partial charge is 0.286 e. The number of aromatic nitrogens is 2. The minimum Gasteiger partial charge on any atom is -0.363 e. The first kappa shape index (κ1) is 13.2. The van der Waals surface area contributed by atoms with Crippen LogP contribution in [-0.2, 0) is 0 Å². The molecule has 1 aromatic heterocycles. The van der Waals surface area contributed by atoms with Gasteiger partial charge >= 0.3 is 0 Å². The molecule has 98 valence electrons. The van der Waals surface area contributed by atoms with Crippen LogP contribution in [0.1, 0.15) is 33.0 Å². The molecule has 19 heavy (non-hydrogen) atoms. The van der Waals surface area contributed by atoms with E-state index in [-0.39, 0.29) is 5.82 Å². The van der Waals surface area contributed by atoms with Crippen LogP contribution in [0, 0.1) is 27.7 Å². The Hall–Kier alpha value is -2.23. The molecule has 0 radical (unpaired) electrons. The molecule has 0 aliphatic heterocycles. The Morgan fingerprint density at radius 1 is 1.00 bits per heavy atom. The van der Waals surface area contributed by atoms with Gasteiger partial charge in [0.2, 0.25) is 5.82 Å². The first-order chi connectivity index (χ1) is 8.88. The van der Waals surface area contributed by atoms with E-state index in [1.165, 1.54) is 5.56 Å². The Morgan fingerprint density at radius 2 is 1.58 bits per heavy atom. The summed E-state index contributed by atoms with van der Waals surface area (Å²) in [5.41, 5.74) is 11.3. The molecule has 0 unspecified atom stereocenters. The van der Waals surface area contributed by atoms with Gasteiger partial charge in [0.15, 0.2) is 0 Å². The third-order valence-corrected chi connectivity index (χ3v) is 3.01. The molecule has 2 N–H and O–H groups in total. The molecule has 0 spiro atoms. The second-order valence-electron chi connectivity index (χ2n) is 4.86. The van der Waals surface area contributed by atoms with Gasteiger partial charge in [0.25, 0.3) is 5.91 Å². The standard InChI is InChI=1S/C15H17N3O/c1-8-5-9(2)13(10(3)6-8)12-7-11(4)17-15(18-12)14(16)19/h5-7H,1-4H3,(H2,16,19). The van der Waals surface area contributed by atoms with Crippen molar-refractivity contribution in [3.8, 4) is 11.3 Å².